The molecule has 0 bridgehead atoms. The zero-order chi connectivity index (χ0) is 45.0. The first-order valence-corrected chi connectivity index (χ1v) is 21.6. The predicted octanol–water partition coefficient (Wildman–Crippen LogP) is 8.62. The molecule has 64 heavy (non-hydrogen) atoms. The van der Waals surface area contributed by atoms with Crippen molar-refractivity contribution in [2.24, 2.45) is 0 Å². The number of alkyl carbamates (subject to hydrolysis) is 2. The van der Waals surface area contributed by atoms with Crippen LogP contribution >= 0.6 is 34.8 Å². The number of halogens is 3. The van der Waals surface area contributed by atoms with Gasteiger partial charge in [0.2, 0.25) is 3.79 Å². The monoisotopic (exact) mass is 934 g/mol. The third kappa shape index (κ3) is 16.4. The Kier molecular flexibility index (Phi) is 19.1. The molecule has 1 heterocycles. The number of hydrogen-bond acceptors (Lipinski definition) is 11. The van der Waals surface area contributed by atoms with E-state index >= 15 is 0 Å². The van der Waals surface area contributed by atoms with E-state index in [0.717, 1.165) is 22.3 Å². The number of alkyl halides is 3. The molecule has 2 amide bonds. The molecule has 6 rings (SSSR count). The third-order valence-corrected chi connectivity index (χ3v) is 10.0. The van der Waals surface area contributed by atoms with E-state index in [9.17, 15) is 14.4 Å². The summed E-state index contributed by atoms with van der Waals surface area (Å²) in [5, 5.41) is 5.35. The highest BCUT2D eigenvalue weighted by molar-refractivity contribution is 6.67. The molecule has 1 aliphatic heterocycles. The first-order valence-electron chi connectivity index (χ1n) is 20.5. The molecule has 1 aliphatic rings. The van der Waals surface area contributed by atoms with Gasteiger partial charge in [-0.15, -0.1) is 0 Å². The minimum absolute atomic E-state index is 0.0174. The van der Waals surface area contributed by atoms with E-state index in [4.69, 9.17) is 72.7 Å². The van der Waals surface area contributed by atoms with Crippen molar-refractivity contribution in [3.05, 3.63) is 179 Å². The molecule has 13 nitrogen and oxygen atoms in total. The van der Waals surface area contributed by atoms with Gasteiger partial charge in [0.25, 0.3) is 0 Å². The lowest BCUT2D eigenvalue weighted by atomic mass is 9.96. The highest BCUT2D eigenvalue weighted by Gasteiger charge is 2.50. The number of carbonyl (C=O) groups excluding carboxylic acids is 3. The Labute approximate surface area is 387 Å². The summed E-state index contributed by atoms with van der Waals surface area (Å²) in [6.07, 6.45) is -6.12. The van der Waals surface area contributed by atoms with Crippen LogP contribution in [0.25, 0.3) is 0 Å². The summed E-state index contributed by atoms with van der Waals surface area (Å²) >= 11 is 17.8. The van der Waals surface area contributed by atoms with Crippen molar-refractivity contribution in [1.29, 1.82) is 0 Å². The SMILES string of the molecule is O=C(N[C@H]1[C@@H](OC[C@H](NC(=O)OCc2ccccc2)C(=O)OCc2ccccc2)O[C@H](COCc2ccccc2)[C@H](OCc2ccccc2)[C@@H]1OCc1ccccc1)OCC(Cl)(Cl)Cl. The van der Waals surface area contributed by atoms with Gasteiger partial charge in [-0.25, -0.2) is 14.4 Å². The standard InChI is InChI=1S/C48H49Cl3N2O11/c49-48(50,51)33-63-47(56)53-41-43(59-28-36-20-10-3-11-21-36)42(58-27-35-18-8-2-9-19-35)40(32-57-26-34-16-6-1-7-17-34)64-45(41)61-31-39(44(54)60-29-37-22-12-4-13-23-37)52-46(55)62-30-38-24-14-5-15-25-38/h1-25,39-43,45H,26-33H2,(H,52,55)(H,53,56)/t39-,40+,41+,42-,43+,45-/m0/s1. The van der Waals surface area contributed by atoms with Gasteiger partial charge in [0.15, 0.2) is 12.3 Å². The van der Waals surface area contributed by atoms with E-state index in [1.54, 1.807) is 24.3 Å². The van der Waals surface area contributed by atoms with E-state index < -0.39 is 71.8 Å². The van der Waals surface area contributed by atoms with Crippen molar-refractivity contribution in [2.75, 3.05) is 19.8 Å². The second-order valence-corrected chi connectivity index (χ2v) is 17.1. The number of ether oxygens (including phenoxy) is 8. The fourth-order valence-electron chi connectivity index (χ4n) is 6.55. The Morgan fingerprint density at radius 3 is 1.50 bits per heavy atom. The zero-order valence-electron chi connectivity index (χ0n) is 34.7. The normalized spacial score (nSPS) is 18.9. The van der Waals surface area contributed by atoms with Gasteiger partial charge in [-0.05, 0) is 27.8 Å². The number of amides is 2. The van der Waals surface area contributed by atoms with Crippen LogP contribution in [-0.4, -0.2) is 78.5 Å². The van der Waals surface area contributed by atoms with Crippen LogP contribution in [0.4, 0.5) is 9.59 Å². The molecule has 2 N–H and O–H groups in total. The van der Waals surface area contributed by atoms with Crippen LogP contribution in [0.3, 0.4) is 0 Å². The van der Waals surface area contributed by atoms with Crippen LogP contribution in [-0.2, 0) is 75.7 Å². The van der Waals surface area contributed by atoms with E-state index in [-0.39, 0.29) is 39.6 Å². The van der Waals surface area contributed by atoms with Crippen LogP contribution < -0.4 is 10.6 Å². The topological polar surface area (TPSA) is 149 Å². The number of nitrogens with one attached hydrogen (secondary N) is 2. The van der Waals surface area contributed by atoms with Gasteiger partial charge in [0, 0.05) is 0 Å². The van der Waals surface area contributed by atoms with Gasteiger partial charge in [0.1, 0.15) is 44.2 Å². The van der Waals surface area contributed by atoms with E-state index in [2.05, 4.69) is 10.6 Å². The lowest BCUT2D eigenvalue weighted by Crippen LogP contribution is -2.66. The molecule has 0 aliphatic carbocycles. The van der Waals surface area contributed by atoms with Crippen molar-refractivity contribution in [3.63, 3.8) is 0 Å². The number of rotatable bonds is 21. The Hall–Kier alpha value is -5.22. The maximum atomic E-state index is 13.8. The second-order valence-electron chi connectivity index (χ2n) is 14.6. The molecule has 1 saturated heterocycles. The van der Waals surface area contributed by atoms with Crippen LogP contribution in [0.2, 0.25) is 0 Å². The predicted molar refractivity (Wildman–Crippen MR) is 239 cm³/mol. The van der Waals surface area contributed by atoms with Crippen LogP contribution in [0.5, 0.6) is 0 Å². The van der Waals surface area contributed by atoms with E-state index in [1.807, 2.05) is 127 Å². The Morgan fingerprint density at radius 1 is 0.547 bits per heavy atom. The average Bonchev–Trinajstić information content (AvgIpc) is 3.31. The maximum absolute atomic E-state index is 13.8. The summed E-state index contributed by atoms with van der Waals surface area (Å²) in [4.78, 5) is 40.5. The number of esters is 1. The first-order chi connectivity index (χ1) is 31.1. The summed E-state index contributed by atoms with van der Waals surface area (Å²) in [5.41, 5.74) is 4.05. The highest BCUT2D eigenvalue weighted by atomic mass is 35.6. The molecule has 5 aromatic carbocycles. The summed E-state index contributed by atoms with van der Waals surface area (Å²) in [5.74, 6) is -0.827. The van der Waals surface area contributed by atoms with Gasteiger partial charge in [0.05, 0.1) is 33.0 Å². The van der Waals surface area contributed by atoms with Crippen LogP contribution in [0.1, 0.15) is 27.8 Å². The Bertz CT molecular complexity index is 2140. The molecule has 0 spiro atoms. The minimum Gasteiger partial charge on any atom is -0.459 e. The summed E-state index contributed by atoms with van der Waals surface area (Å²) < 4.78 is 47.0. The highest BCUT2D eigenvalue weighted by Crippen LogP contribution is 2.31. The molecular weight excluding hydrogens is 887 g/mol. The molecule has 0 aromatic heterocycles. The maximum Gasteiger partial charge on any atom is 0.408 e. The summed E-state index contributed by atoms with van der Waals surface area (Å²) in [6.45, 7) is -0.833. The van der Waals surface area contributed by atoms with Crippen molar-refractivity contribution < 1.29 is 52.3 Å². The van der Waals surface area contributed by atoms with E-state index in [1.165, 1.54) is 0 Å². The molecule has 0 radical (unpaired) electrons. The van der Waals surface area contributed by atoms with Crippen molar-refractivity contribution in [2.45, 2.75) is 73.5 Å². The Morgan fingerprint density at radius 2 is 1.00 bits per heavy atom. The second kappa shape index (κ2) is 25.3. The van der Waals surface area contributed by atoms with Gasteiger partial charge < -0.3 is 48.5 Å². The fraction of sp³-hybridized carbons (Fsp3) is 0.312. The van der Waals surface area contributed by atoms with E-state index in [0.29, 0.717) is 5.56 Å². The van der Waals surface area contributed by atoms with Gasteiger partial charge >= 0.3 is 18.2 Å². The van der Waals surface area contributed by atoms with Gasteiger partial charge in [-0.1, -0.05) is 186 Å². The zero-order valence-corrected chi connectivity index (χ0v) is 36.9. The largest absolute Gasteiger partial charge is 0.459 e. The quantitative estimate of drug-likeness (QED) is 0.0414. The van der Waals surface area contributed by atoms with Crippen molar-refractivity contribution >= 4 is 53.0 Å². The molecule has 338 valence electrons. The third-order valence-electron chi connectivity index (χ3n) is 9.70. The van der Waals surface area contributed by atoms with Crippen LogP contribution in [0.15, 0.2) is 152 Å². The van der Waals surface area contributed by atoms with Crippen LogP contribution in [0, 0.1) is 0 Å². The fourth-order valence-corrected chi connectivity index (χ4v) is 6.72. The lowest BCUT2D eigenvalue weighted by Gasteiger charge is -2.46. The number of benzene rings is 5. The van der Waals surface area contributed by atoms with Crippen molar-refractivity contribution in [1.82, 2.24) is 10.6 Å². The molecule has 0 saturated carbocycles. The molecule has 5 aromatic rings. The number of hydrogen-bond donors (Lipinski definition) is 2. The summed E-state index contributed by atoms with van der Waals surface area (Å²) in [7, 11) is 0. The molecule has 16 heteroatoms. The molecular formula is C48H49Cl3N2O11. The molecule has 1 fully saturated rings. The van der Waals surface area contributed by atoms with Gasteiger partial charge in [-0.2, -0.15) is 0 Å². The smallest absolute Gasteiger partial charge is 0.408 e. The molecule has 0 unspecified atom stereocenters. The van der Waals surface area contributed by atoms with Gasteiger partial charge in [-0.3, -0.25) is 0 Å². The van der Waals surface area contributed by atoms with Crippen molar-refractivity contribution in [3.8, 4) is 0 Å². The summed E-state index contributed by atoms with van der Waals surface area (Å²) in [6, 6.07) is 43.9. The lowest BCUT2D eigenvalue weighted by molar-refractivity contribution is -0.291. The average molecular weight is 936 g/mol. The molecule has 6 atom stereocenters. The minimum atomic E-state index is -1.92. The number of carbonyl (C=O) groups is 3. The first kappa shape index (κ1) is 48.2. The Balaban J connectivity index is 1.30.